The molecule has 0 unspecified atom stereocenters. The van der Waals surface area contributed by atoms with Crippen molar-refractivity contribution in [2.75, 3.05) is 0 Å². The van der Waals surface area contributed by atoms with Gasteiger partial charge < -0.3 is 0 Å². The fourth-order valence-corrected chi connectivity index (χ4v) is 3.51. The van der Waals surface area contributed by atoms with Crippen molar-refractivity contribution in [1.82, 2.24) is 30.4 Å². The third-order valence-corrected chi connectivity index (χ3v) is 5.14. The lowest BCUT2D eigenvalue weighted by atomic mass is 10.1. The van der Waals surface area contributed by atoms with Crippen LogP contribution in [0.1, 0.15) is 39.9 Å². The Labute approximate surface area is 187 Å². The van der Waals surface area contributed by atoms with Crippen LogP contribution in [0.2, 0.25) is 0 Å². The minimum absolute atomic E-state index is 0.0118. The summed E-state index contributed by atoms with van der Waals surface area (Å²) in [6.07, 6.45) is 1.95. The molecule has 2 aromatic heterocycles. The van der Waals surface area contributed by atoms with Gasteiger partial charge in [0.2, 0.25) is 0 Å². The predicted molar refractivity (Wildman–Crippen MR) is 119 cm³/mol. The van der Waals surface area contributed by atoms with Crippen LogP contribution in [0, 0.1) is 12.7 Å². The molecular weight excluding hydrogens is 427 g/mol. The smallest absolute Gasteiger partial charge is 0.267 e. The maximum atomic E-state index is 14.1. The number of amides is 2. The largest absolute Gasteiger partial charge is 0.290 e. The summed E-state index contributed by atoms with van der Waals surface area (Å²) < 4.78 is 16.6. The van der Waals surface area contributed by atoms with Crippen LogP contribution in [-0.2, 0) is 6.54 Å². The number of aryl methyl sites for hydroxylation is 1. The van der Waals surface area contributed by atoms with E-state index in [0.717, 1.165) is 0 Å². The van der Waals surface area contributed by atoms with Crippen LogP contribution in [0.15, 0.2) is 59.5 Å². The predicted octanol–water partition coefficient (Wildman–Crippen LogP) is 2.51. The van der Waals surface area contributed by atoms with Gasteiger partial charge in [-0.2, -0.15) is 10.2 Å². The lowest BCUT2D eigenvalue weighted by Gasteiger charge is -2.11. The lowest BCUT2D eigenvalue weighted by Crippen LogP contribution is -2.43. The Bertz CT molecular complexity index is 1430. The highest BCUT2D eigenvalue weighted by molar-refractivity contribution is 6.06. The first-order chi connectivity index (χ1) is 15.9. The molecule has 0 saturated heterocycles. The van der Waals surface area contributed by atoms with Crippen LogP contribution >= 0.6 is 0 Å². The zero-order chi connectivity index (χ0) is 23.5. The van der Waals surface area contributed by atoms with Crippen LogP contribution in [0.25, 0.3) is 16.5 Å². The maximum absolute atomic E-state index is 14.1. The summed E-state index contributed by atoms with van der Waals surface area (Å²) in [5.74, 6) is -1.79. The molecule has 33 heavy (non-hydrogen) atoms. The van der Waals surface area contributed by atoms with Crippen molar-refractivity contribution in [2.24, 2.45) is 0 Å². The van der Waals surface area contributed by atoms with E-state index in [4.69, 9.17) is 0 Å². The van der Waals surface area contributed by atoms with Crippen LogP contribution in [-0.4, -0.2) is 31.4 Å². The molecule has 9 nitrogen and oxygen atoms in total. The number of hydrazine groups is 1. The molecule has 2 heterocycles. The minimum atomic E-state index is -0.677. The summed E-state index contributed by atoms with van der Waals surface area (Å²) in [6.45, 7) is 3.86. The van der Waals surface area contributed by atoms with Crippen LogP contribution in [0.4, 0.5) is 4.39 Å². The zero-order valence-corrected chi connectivity index (χ0v) is 18.0. The molecule has 0 saturated carbocycles. The van der Waals surface area contributed by atoms with Crippen molar-refractivity contribution in [3.05, 3.63) is 87.9 Å². The molecule has 0 spiro atoms. The van der Waals surface area contributed by atoms with Crippen molar-refractivity contribution >= 4 is 22.6 Å². The van der Waals surface area contributed by atoms with Gasteiger partial charge in [0.1, 0.15) is 11.5 Å². The number of carbonyl (C=O) groups excluding carboxylic acids is 2. The molecule has 0 fully saturated rings. The molecule has 0 aliphatic heterocycles. The molecule has 2 aromatic carbocycles. The van der Waals surface area contributed by atoms with Gasteiger partial charge in [0.15, 0.2) is 5.69 Å². The zero-order valence-electron chi connectivity index (χ0n) is 18.0. The molecule has 168 valence electrons. The van der Waals surface area contributed by atoms with Gasteiger partial charge >= 0.3 is 0 Å². The van der Waals surface area contributed by atoms with Gasteiger partial charge in [0, 0.05) is 11.9 Å². The fourth-order valence-electron chi connectivity index (χ4n) is 3.51. The average molecular weight is 448 g/mol. The third-order valence-electron chi connectivity index (χ3n) is 5.14. The quantitative estimate of drug-likeness (QED) is 0.456. The van der Waals surface area contributed by atoms with Gasteiger partial charge in [-0.05, 0) is 31.5 Å². The maximum Gasteiger partial charge on any atom is 0.290 e. The Balaban J connectivity index is 1.57. The number of nitrogens with zero attached hydrogens (tertiary/aromatic N) is 4. The van der Waals surface area contributed by atoms with E-state index < -0.39 is 17.6 Å². The fraction of sp³-hybridized carbons (Fsp3) is 0.174. The second-order valence-electron chi connectivity index (χ2n) is 7.34. The second kappa shape index (κ2) is 9.03. The Kier molecular flexibility index (Phi) is 5.99. The van der Waals surface area contributed by atoms with Gasteiger partial charge in [-0.15, -0.1) is 0 Å². The number of carbonyl (C=O) groups is 2. The molecular formula is C23H21FN6O3. The standard InChI is InChI=1S/C23H21FN6O3/c1-3-12-29-23(33)16-9-5-4-8-15(16)20(28-29)22(32)27-26-21(31)17-13-25-30(14(17)2)19-11-7-6-10-18(19)24/h4-11,13H,3,12H2,1-2H3,(H,26,31)(H,27,32). The number of benzene rings is 2. The highest BCUT2D eigenvalue weighted by Crippen LogP contribution is 2.17. The number of halogens is 1. The monoisotopic (exact) mass is 448 g/mol. The van der Waals surface area contributed by atoms with E-state index in [1.54, 1.807) is 49.4 Å². The van der Waals surface area contributed by atoms with Gasteiger partial charge in [0.05, 0.1) is 22.8 Å². The number of para-hydroxylation sites is 1. The normalized spacial score (nSPS) is 10.9. The van der Waals surface area contributed by atoms with Crippen molar-refractivity contribution in [3.63, 3.8) is 0 Å². The van der Waals surface area contributed by atoms with E-state index in [-0.39, 0.29) is 22.5 Å². The molecule has 2 amide bonds. The van der Waals surface area contributed by atoms with E-state index >= 15 is 0 Å². The first-order valence-corrected chi connectivity index (χ1v) is 10.3. The Morgan fingerprint density at radius 2 is 1.67 bits per heavy atom. The number of hydrogen-bond acceptors (Lipinski definition) is 5. The van der Waals surface area contributed by atoms with Gasteiger partial charge in [-0.3, -0.25) is 25.2 Å². The number of aromatic nitrogens is 4. The van der Waals surface area contributed by atoms with E-state index in [9.17, 15) is 18.8 Å². The number of nitrogens with one attached hydrogen (secondary N) is 2. The highest BCUT2D eigenvalue weighted by Gasteiger charge is 2.20. The molecule has 4 rings (SSSR count). The summed E-state index contributed by atoms with van der Waals surface area (Å²) in [5, 5.41) is 9.02. The second-order valence-corrected chi connectivity index (χ2v) is 7.34. The van der Waals surface area contributed by atoms with Crippen LogP contribution in [0.5, 0.6) is 0 Å². The molecule has 0 aliphatic carbocycles. The van der Waals surface area contributed by atoms with Crippen LogP contribution in [0.3, 0.4) is 0 Å². The Hall–Kier alpha value is -4.34. The molecule has 0 radical (unpaired) electrons. The Morgan fingerprint density at radius 3 is 2.39 bits per heavy atom. The number of hydrogen-bond donors (Lipinski definition) is 2. The molecule has 0 aliphatic rings. The van der Waals surface area contributed by atoms with Gasteiger partial charge in [0.25, 0.3) is 17.4 Å². The topological polar surface area (TPSA) is 111 Å². The third kappa shape index (κ3) is 4.10. The van der Waals surface area contributed by atoms with Crippen molar-refractivity contribution in [1.29, 1.82) is 0 Å². The first-order valence-electron chi connectivity index (χ1n) is 10.3. The summed E-state index contributed by atoms with van der Waals surface area (Å²) in [6, 6.07) is 12.7. The number of fused-ring (bicyclic) bond motifs is 1. The van der Waals surface area contributed by atoms with Crippen molar-refractivity contribution in [2.45, 2.75) is 26.8 Å². The molecule has 4 aromatic rings. The molecule has 2 N–H and O–H groups in total. The Morgan fingerprint density at radius 1 is 1.00 bits per heavy atom. The van der Waals surface area contributed by atoms with Gasteiger partial charge in [-0.25, -0.2) is 13.8 Å². The van der Waals surface area contributed by atoms with Crippen molar-refractivity contribution < 1.29 is 14.0 Å². The summed E-state index contributed by atoms with van der Waals surface area (Å²) >= 11 is 0. The highest BCUT2D eigenvalue weighted by atomic mass is 19.1. The molecule has 0 bridgehead atoms. The van der Waals surface area contributed by atoms with E-state index in [1.165, 1.54) is 21.6 Å². The number of rotatable bonds is 5. The molecule has 10 heteroatoms. The van der Waals surface area contributed by atoms with Crippen molar-refractivity contribution in [3.8, 4) is 5.69 Å². The van der Waals surface area contributed by atoms with E-state index in [1.807, 2.05) is 6.92 Å². The average Bonchev–Trinajstić information content (AvgIpc) is 3.20. The summed E-state index contributed by atoms with van der Waals surface area (Å²) in [5.41, 5.74) is 5.15. The summed E-state index contributed by atoms with van der Waals surface area (Å²) in [4.78, 5) is 38.1. The molecule has 0 atom stereocenters. The minimum Gasteiger partial charge on any atom is -0.267 e. The summed E-state index contributed by atoms with van der Waals surface area (Å²) in [7, 11) is 0. The first kappa shape index (κ1) is 21.9. The van der Waals surface area contributed by atoms with E-state index in [2.05, 4.69) is 21.0 Å². The SMILES string of the molecule is CCCn1nc(C(=O)NNC(=O)c2cnn(-c3ccccc3F)c2C)c2ccccc2c1=O. The van der Waals surface area contributed by atoms with E-state index in [0.29, 0.717) is 29.4 Å². The van der Waals surface area contributed by atoms with Gasteiger partial charge in [-0.1, -0.05) is 37.3 Å². The lowest BCUT2D eigenvalue weighted by molar-refractivity contribution is 0.0843. The van der Waals surface area contributed by atoms with Crippen LogP contribution < -0.4 is 16.4 Å².